The van der Waals surface area contributed by atoms with E-state index < -0.39 is 5.97 Å². The van der Waals surface area contributed by atoms with Crippen LogP contribution in [-0.2, 0) is 6.42 Å². The third-order valence-electron chi connectivity index (χ3n) is 4.23. The smallest absolute Gasteiger partial charge is 0.336 e. The number of aryl methyl sites for hydroxylation is 1. The molecule has 2 heteroatoms. The van der Waals surface area contributed by atoms with Crippen molar-refractivity contribution in [2.75, 3.05) is 0 Å². The van der Waals surface area contributed by atoms with Gasteiger partial charge in [-0.3, -0.25) is 0 Å². The lowest BCUT2D eigenvalue weighted by molar-refractivity contribution is 0.0700. The van der Waals surface area contributed by atoms with Crippen molar-refractivity contribution < 1.29 is 9.90 Å². The molecule has 0 fully saturated rings. The Hall–Kier alpha value is -2.61. The van der Waals surface area contributed by atoms with Crippen LogP contribution in [0, 0.1) is 0 Å². The average Bonchev–Trinajstić information content (AvgIpc) is 2.59. The Labute approximate surface area is 136 Å². The van der Waals surface area contributed by atoms with Crippen LogP contribution in [0.1, 0.15) is 35.7 Å². The first-order chi connectivity index (χ1) is 11.2. The SMILES string of the molecule is CCCCc1ccc(-c2ccc3ccccc3c2C(=O)O)cc1. The highest BCUT2D eigenvalue weighted by Crippen LogP contribution is 2.30. The molecule has 3 aromatic carbocycles. The maximum Gasteiger partial charge on any atom is 0.336 e. The van der Waals surface area contributed by atoms with Crippen molar-refractivity contribution in [1.82, 2.24) is 0 Å². The molecule has 23 heavy (non-hydrogen) atoms. The van der Waals surface area contributed by atoms with Gasteiger partial charge in [0, 0.05) is 0 Å². The molecule has 0 aliphatic rings. The van der Waals surface area contributed by atoms with Crippen molar-refractivity contribution in [3.63, 3.8) is 0 Å². The molecule has 0 heterocycles. The monoisotopic (exact) mass is 304 g/mol. The zero-order valence-electron chi connectivity index (χ0n) is 13.3. The summed E-state index contributed by atoms with van der Waals surface area (Å²) < 4.78 is 0. The van der Waals surface area contributed by atoms with E-state index in [2.05, 4.69) is 19.1 Å². The van der Waals surface area contributed by atoms with Gasteiger partial charge >= 0.3 is 5.97 Å². The first-order valence-corrected chi connectivity index (χ1v) is 8.05. The standard InChI is InChI=1S/C21H20O2/c1-2-3-6-15-9-11-17(12-10-15)19-14-13-16-7-4-5-8-18(16)20(19)21(22)23/h4-5,7-14H,2-3,6H2,1H3,(H,22,23). The topological polar surface area (TPSA) is 37.3 Å². The van der Waals surface area contributed by atoms with Crippen molar-refractivity contribution in [2.24, 2.45) is 0 Å². The highest BCUT2D eigenvalue weighted by molar-refractivity contribution is 6.09. The molecule has 0 amide bonds. The molecular weight excluding hydrogens is 284 g/mol. The highest BCUT2D eigenvalue weighted by Gasteiger charge is 2.15. The number of carboxylic acids is 1. The van der Waals surface area contributed by atoms with Crippen LogP contribution in [0.5, 0.6) is 0 Å². The summed E-state index contributed by atoms with van der Waals surface area (Å²) in [6, 6.07) is 19.8. The van der Waals surface area contributed by atoms with Crippen LogP contribution < -0.4 is 0 Å². The number of carbonyl (C=O) groups is 1. The Morgan fingerprint density at radius 3 is 2.39 bits per heavy atom. The minimum absolute atomic E-state index is 0.379. The third-order valence-corrected chi connectivity index (χ3v) is 4.23. The fraction of sp³-hybridized carbons (Fsp3) is 0.190. The number of carboxylic acid groups (broad SMARTS) is 1. The summed E-state index contributed by atoms with van der Waals surface area (Å²) in [5.41, 5.74) is 3.41. The summed E-state index contributed by atoms with van der Waals surface area (Å²) in [6.07, 6.45) is 3.42. The van der Waals surface area contributed by atoms with Gasteiger partial charge in [-0.1, -0.05) is 74.0 Å². The van der Waals surface area contributed by atoms with Crippen LogP contribution >= 0.6 is 0 Å². The Bertz CT molecular complexity index is 832. The summed E-state index contributed by atoms with van der Waals surface area (Å²) in [7, 11) is 0. The number of benzene rings is 3. The third kappa shape index (κ3) is 3.11. The molecule has 0 aromatic heterocycles. The summed E-state index contributed by atoms with van der Waals surface area (Å²) in [5, 5.41) is 11.4. The molecule has 0 aliphatic heterocycles. The van der Waals surface area contributed by atoms with Gasteiger partial charge in [-0.25, -0.2) is 4.79 Å². The van der Waals surface area contributed by atoms with Crippen molar-refractivity contribution in [3.05, 3.63) is 71.8 Å². The summed E-state index contributed by atoms with van der Waals surface area (Å²) >= 11 is 0. The van der Waals surface area contributed by atoms with Gasteiger partial charge in [-0.05, 0) is 40.3 Å². The average molecular weight is 304 g/mol. The van der Waals surface area contributed by atoms with Crippen molar-refractivity contribution in [1.29, 1.82) is 0 Å². The molecule has 0 unspecified atom stereocenters. The normalized spacial score (nSPS) is 10.8. The van der Waals surface area contributed by atoms with E-state index in [0.717, 1.165) is 28.3 Å². The zero-order chi connectivity index (χ0) is 16.2. The van der Waals surface area contributed by atoms with Gasteiger partial charge in [0.1, 0.15) is 0 Å². The number of fused-ring (bicyclic) bond motifs is 1. The van der Waals surface area contributed by atoms with Crippen LogP contribution in [0.15, 0.2) is 60.7 Å². The second-order valence-corrected chi connectivity index (χ2v) is 5.81. The highest BCUT2D eigenvalue weighted by atomic mass is 16.4. The minimum atomic E-state index is -0.883. The predicted molar refractivity (Wildman–Crippen MR) is 95.0 cm³/mol. The van der Waals surface area contributed by atoms with Gasteiger partial charge in [0.05, 0.1) is 5.56 Å². The van der Waals surface area contributed by atoms with Crippen LogP contribution in [0.2, 0.25) is 0 Å². The molecule has 2 nitrogen and oxygen atoms in total. The molecule has 1 N–H and O–H groups in total. The van der Waals surface area contributed by atoms with E-state index in [0.29, 0.717) is 5.56 Å². The van der Waals surface area contributed by atoms with Crippen molar-refractivity contribution in [2.45, 2.75) is 26.2 Å². The first-order valence-electron chi connectivity index (χ1n) is 8.05. The fourth-order valence-corrected chi connectivity index (χ4v) is 2.97. The van der Waals surface area contributed by atoms with Crippen LogP contribution in [0.25, 0.3) is 21.9 Å². The van der Waals surface area contributed by atoms with Gasteiger partial charge in [0.15, 0.2) is 0 Å². The number of hydrogen-bond acceptors (Lipinski definition) is 1. The van der Waals surface area contributed by atoms with Gasteiger partial charge < -0.3 is 5.11 Å². The molecule has 3 aromatic rings. The van der Waals surface area contributed by atoms with Crippen molar-refractivity contribution in [3.8, 4) is 11.1 Å². The van der Waals surface area contributed by atoms with Crippen LogP contribution in [0.4, 0.5) is 0 Å². The van der Waals surface area contributed by atoms with Crippen molar-refractivity contribution >= 4 is 16.7 Å². The van der Waals surface area contributed by atoms with E-state index in [-0.39, 0.29) is 0 Å². The second-order valence-electron chi connectivity index (χ2n) is 5.81. The molecule has 0 saturated carbocycles. The molecular formula is C21H20O2. The van der Waals surface area contributed by atoms with E-state index in [1.807, 2.05) is 48.5 Å². The fourth-order valence-electron chi connectivity index (χ4n) is 2.97. The quantitative estimate of drug-likeness (QED) is 0.671. The van der Waals surface area contributed by atoms with Crippen LogP contribution in [-0.4, -0.2) is 11.1 Å². The predicted octanol–water partition coefficient (Wildman–Crippen LogP) is 5.55. The molecule has 0 atom stereocenters. The van der Waals surface area contributed by atoms with E-state index in [4.69, 9.17) is 0 Å². The number of aromatic carboxylic acids is 1. The Morgan fingerprint density at radius 1 is 0.957 bits per heavy atom. The molecule has 0 radical (unpaired) electrons. The summed E-state index contributed by atoms with van der Waals surface area (Å²) in [5.74, 6) is -0.883. The molecule has 3 rings (SSSR count). The lowest BCUT2D eigenvalue weighted by Gasteiger charge is -2.11. The zero-order valence-corrected chi connectivity index (χ0v) is 13.3. The Kier molecular flexibility index (Phi) is 4.42. The maximum atomic E-state index is 11.8. The summed E-state index contributed by atoms with van der Waals surface area (Å²) in [4.78, 5) is 11.8. The van der Waals surface area contributed by atoms with Crippen LogP contribution in [0.3, 0.4) is 0 Å². The van der Waals surface area contributed by atoms with Gasteiger partial charge in [-0.15, -0.1) is 0 Å². The first kappa shape index (κ1) is 15.3. The molecule has 0 saturated heterocycles. The molecule has 0 spiro atoms. The largest absolute Gasteiger partial charge is 0.478 e. The minimum Gasteiger partial charge on any atom is -0.478 e. The molecule has 0 bridgehead atoms. The van der Waals surface area contributed by atoms with Gasteiger partial charge in [-0.2, -0.15) is 0 Å². The summed E-state index contributed by atoms with van der Waals surface area (Å²) in [6.45, 7) is 2.18. The molecule has 0 aliphatic carbocycles. The lowest BCUT2D eigenvalue weighted by Crippen LogP contribution is -2.01. The van der Waals surface area contributed by atoms with E-state index in [1.165, 1.54) is 18.4 Å². The molecule has 116 valence electrons. The van der Waals surface area contributed by atoms with Gasteiger partial charge in [0.2, 0.25) is 0 Å². The lowest BCUT2D eigenvalue weighted by atomic mass is 9.93. The second kappa shape index (κ2) is 6.66. The van der Waals surface area contributed by atoms with E-state index in [1.54, 1.807) is 0 Å². The van der Waals surface area contributed by atoms with Gasteiger partial charge in [0.25, 0.3) is 0 Å². The number of hydrogen-bond donors (Lipinski definition) is 1. The number of unbranched alkanes of at least 4 members (excludes halogenated alkanes) is 1. The number of rotatable bonds is 5. The Morgan fingerprint density at radius 2 is 1.70 bits per heavy atom. The van der Waals surface area contributed by atoms with E-state index in [9.17, 15) is 9.90 Å². The maximum absolute atomic E-state index is 11.8. The Balaban J connectivity index is 2.08. The van der Waals surface area contributed by atoms with E-state index >= 15 is 0 Å².